The average molecular weight is 353 g/mol. The molecule has 0 saturated carbocycles. The Kier molecular flexibility index (Phi) is 6.23. The second kappa shape index (κ2) is 9.04. The molecule has 0 bridgehead atoms. The molecule has 0 fully saturated rings. The van der Waals surface area contributed by atoms with E-state index in [0.29, 0.717) is 12.5 Å². The fourth-order valence-corrected chi connectivity index (χ4v) is 2.71. The summed E-state index contributed by atoms with van der Waals surface area (Å²) >= 11 is 6.17. The first kappa shape index (κ1) is 17.2. The molecule has 0 spiro atoms. The van der Waals surface area contributed by atoms with Gasteiger partial charge in [0.15, 0.2) is 0 Å². The van der Waals surface area contributed by atoms with Gasteiger partial charge in [-0.05, 0) is 36.1 Å². The zero-order chi connectivity index (χ0) is 17.3. The Morgan fingerprint density at radius 2 is 1.68 bits per heavy atom. The summed E-state index contributed by atoms with van der Waals surface area (Å²) in [5, 5.41) is 7.31. The van der Waals surface area contributed by atoms with Crippen molar-refractivity contribution in [3.63, 3.8) is 0 Å². The second-order valence-electron chi connectivity index (χ2n) is 5.73. The Balaban J connectivity index is 1.47. The maximum absolute atomic E-state index is 6.17. The van der Waals surface area contributed by atoms with E-state index in [1.807, 2.05) is 36.4 Å². The monoisotopic (exact) mass is 352 g/mol. The van der Waals surface area contributed by atoms with Gasteiger partial charge in [0.05, 0.1) is 0 Å². The lowest BCUT2D eigenvalue weighted by Crippen LogP contribution is -2.08. The number of halogens is 1. The van der Waals surface area contributed by atoms with E-state index in [4.69, 9.17) is 11.6 Å². The predicted octanol–water partition coefficient (Wildman–Crippen LogP) is 4.79. The van der Waals surface area contributed by atoms with Crippen LogP contribution in [0.25, 0.3) is 0 Å². The molecule has 0 aliphatic rings. The Morgan fingerprint density at radius 3 is 2.52 bits per heavy atom. The first-order valence-electron chi connectivity index (χ1n) is 8.39. The number of nitrogens with one attached hydrogen (secondary N) is 2. The molecule has 0 atom stereocenters. The topological polar surface area (TPSA) is 49.8 Å². The Hall–Kier alpha value is -2.59. The number of hydrogen-bond donors (Lipinski definition) is 2. The van der Waals surface area contributed by atoms with Gasteiger partial charge in [-0.15, -0.1) is 0 Å². The maximum atomic E-state index is 6.17. The minimum atomic E-state index is 0.629. The number of benzene rings is 2. The van der Waals surface area contributed by atoms with Crippen LogP contribution >= 0.6 is 11.6 Å². The average Bonchev–Trinajstić information content (AvgIpc) is 2.66. The zero-order valence-electron chi connectivity index (χ0n) is 14.0. The molecule has 2 N–H and O–H groups in total. The highest BCUT2D eigenvalue weighted by Crippen LogP contribution is 2.16. The summed E-state index contributed by atoms with van der Waals surface area (Å²) in [6.07, 6.45) is 3.82. The molecule has 0 aliphatic heterocycles. The summed E-state index contributed by atoms with van der Waals surface area (Å²) in [4.78, 5) is 8.75. The van der Waals surface area contributed by atoms with Crippen molar-refractivity contribution < 1.29 is 0 Å². The van der Waals surface area contributed by atoms with Crippen molar-refractivity contribution in [1.29, 1.82) is 0 Å². The van der Waals surface area contributed by atoms with Gasteiger partial charge in [-0.25, -0.2) is 4.98 Å². The van der Waals surface area contributed by atoms with Crippen molar-refractivity contribution in [3.8, 4) is 0 Å². The lowest BCUT2D eigenvalue weighted by atomic mass is 10.1. The van der Waals surface area contributed by atoms with Crippen molar-refractivity contribution in [3.05, 3.63) is 83.0 Å². The van der Waals surface area contributed by atoms with Gasteiger partial charge in [-0.2, -0.15) is 4.98 Å². The molecular weight excluding hydrogens is 332 g/mol. The molecule has 4 nitrogen and oxygen atoms in total. The summed E-state index contributed by atoms with van der Waals surface area (Å²) in [6.45, 7) is 1.47. The van der Waals surface area contributed by atoms with Crippen molar-refractivity contribution in [2.24, 2.45) is 0 Å². The van der Waals surface area contributed by atoms with Crippen LogP contribution in [0.2, 0.25) is 5.02 Å². The molecule has 5 heteroatoms. The second-order valence-corrected chi connectivity index (χ2v) is 6.13. The van der Waals surface area contributed by atoms with E-state index >= 15 is 0 Å². The highest BCUT2D eigenvalue weighted by molar-refractivity contribution is 6.31. The van der Waals surface area contributed by atoms with Crippen LogP contribution in [-0.4, -0.2) is 16.5 Å². The molecule has 3 aromatic rings. The van der Waals surface area contributed by atoms with Gasteiger partial charge in [0.25, 0.3) is 0 Å². The zero-order valence-corrected chi connectivity index (χ0v) is 14.7. The molecule has 0 saturated heterocycles. The smallest absolute Gasteiger partial charge is 0.224 e. The molecule has 25 heavy (non-hydrogen) atoms. The highest BCUT2D eigenvalue weighted by Gasteiger charge is 2.02. The minimum Gasteiger partial charge on any atom is -0.366 e. The van der Waals surface area contributed by atoms with Gasteiger partial charge in [0.2, 0.25) is 5.95 Å². The van der Waals surface area contributed by atoms with Crippen LogP contribution in [0.5, 0.6) is 0 Å². The molecule has 0 amide bonds. The highest BCUT2D eigenvalue weighted by atomic mass is 35.5. The number of anilines is 2. The Morgan fingerprint density at radius 1 is 0.880 bits per heavy atom. The molecular formula is C20H21ClN4. The van der Waals surface area contributed by atoms with Gasteiger partial charge >= 0.3 is 0 Å². The Labute approximate surface area is 153 Å². The number of aromatic nitrogens is 2. The van der Waals surface area contributed by atoms with E-state index < -0.39 is 0 Å². The molecule has 128 valence electrons. The van der Waals surface area contributed by atoms with Crippen LogP contribution in [0.3, 0.4) is 0 Å². The summed E-state index contributed by atoms with van der Waals surface area (Å²) in [5.74, 6) is 1.41. The molecule has 0 radical (unpaired) electrons. The van der Waals surface area contributed by atoms with Crippen LogP contribution in [0.4, 0.5) is 11.8 Å². The lowest BCUT2D eigenvalue weighted by Gasteiger charge is -2.09. The number of aryl methyl sites for hydroxylation is 1. The lowest BCUT2D eigenvalue weighted by molar-refractivity contribution is 0.852. The third-order valence-corrected chi connectivity index (χ3v) is 4.21. The van der Waals surface area contributed by atoms with Gasteiger partial charge in [0.1, 0.15) is 5.82 Å². The van der Waals surface area contributed by atoms with Crippen LogP contribution in [0.1, 0.15) is 17.5 Å². The first-order chi connectivity index (χ1) is 12.3. The predicted molar refractivity (Wildman–Crippen MR) is 104 cm³/mol. The number of rotatable bonds is 8. The summed E-state index contributed by atoms with van der Waals surface area (Å²) in [7, 11) is 0. The van der Waals surface area contributed by atoms with E-state index in [0.717, 1.165) is 35.8 Å². The number of nitrogens with zero attached hydrogens (tertiary/aromatic N) is 2. The summed E-state index contributed by atoms with van der Waals surface area (Å²) in [5.41, 5.74) is 2.39. The maximum Gasteiger partial charge on any atom is 0.224 e. The molecule has 1 heterocycles. The van der Waals surface area contributed by atoms with Crippen molar-refractivity contribution >= 4 is 23.4 Å². The normalized spacial score (nSPS) is 10.4. The van der Waals surface area contributed by atoms with Crippen LogP contribution in [-0.2, 0) is 13.0 Å². The number of hydrogen-bond acceptors (Lipinski definition) is 4. The summed E-state index contributed by atoms with van der Waals surface area (Å²) < 4.78 is 0. The van der Waals surface area contributed by atoms with Gasteiger partial charge < -0.3 is 10.6 Å². The quantitative estimate of drug-likeness (QED) is 0.572. The van der Waals surface area contributed by atoms with Crippen molar-refractivity contribution in [1.82, 2.24) is 9.97 Å². The van der Waals surface area contributed by atoms with E-state index in [1.54, 1.807) is 6.20 Å². The third kappa shape index (κ3) is 5.47. The van der Waals surface area contributed by atoms with Crippen LogP contribution in [0, 0.1) is 0 Å². The van der Waals surface area contributed by atoms with Crippen molar-refractivity contribution in [2.45, 2.75) is 19.4 Å². The molecule has 2 aromatic carbocycles. The largest absolute Gasteiger partial charge is 0.366 e. The van der Waals surface area contributed by atoms with Gasteiger partial charge in [-0.1, -0.05) is 60.1 Å². The molecule has 1 aromatic heterocycles. The molecule has 0 aliphatic carbocycles. The Bertz CT molecular complexity index is 792. The molecule has 3 rings (SSSR count). The van der Waals surface area contributed by atoms with Gasteiger partial charge in [0, 0.05) is 24.3 Å². The fourth-order valence-electron chi connectivity index (χ4n) is 2.51. The van der Waals surface area contributed by atoms with Crippen molar-refractivity contribution in [2.75, 3.05) is 17.2 Å². The van der Waals surface area contributed by atoms with Gasteiger partial charge in [-0.3, -0.25) is 0 Å². The minimum absolute atomic E-state index is 0.629. The molecule has 0 unspecified atom stereocenters. The van der Waals surface area contributed by atoms with E-state index in [2.05, 4.69) is 44.9 Å². The van der Waals surface area contributed by atoms with Crippen LogP contribution in [0.15, 0.2) is 66.9 Å². The summed E-state index contributed by atoms with van der Waals surface area (Å²) in [6, 6.07) is 20.1. The van der Waals surface area contributed by atoms with Crippen LogP contribution < -0.4 is 10.6 Å². The SMILES string of the molecule is Clc1ccccc1CNc1ccnc(NCCCc2ccccc2)n1. The van der Waals surface area contributed by atoms with E-state index in [9.17, 15) is 0 Å². The fraction of sp³-hybridized carbons (Fsp3) is 0.200. The van der Waals surface area contributed by atoms with E-state index in [1.165, 1.54) is 5.56 Å². The standard InChI is InChI=1S/C20H21ClN4/c21-18-11-5-4-10-17(18)15-24-19-12-14-23-20(25-19)22-13-6-9-16-7-2-1-3-8-16/h1-5,7-8,10-12,14H,6,9,13,15H2,(H2,22,23,24,25). The van der Waals surface area contributed by atoms with E-state index in [-0.39, 0.29) is 0 Å². The first-order valence-corrected chi connectivity index (χ1v) is 8.77. The third-order valence-electron chi connectivity index (χ3n) is 3.84.